The number of pyridine rings is 1. The summed E-state index contributed by atoms with van der Waals surface area (Å²) in [5, 5.41) is 10.3. The summed E-state index contributed by atoms with van der Waals surface area (Å²) in [7, 11) is -4.85. The predicted molar refractivity (Wildman–Crippen MR) is 167 cm³/mol. The maximum absolute atomic E-state index is 15.4. The van der Waals surface area contributed by atoms with Crippen LogP contribution in [0.1, 0.15) is 42.3 Å². The van der Waals surface area contributed by atoms with Crippen LogP contribution >= 0.6 is 11.6 Å². The Balaban J connectivity index is 1.55. The van der Waals surface area contributed by atoms with Gasteiger partial charge in [-0.05, 0) is 72.0 Å². The first-order valence-corrected chi connectivity index (χ1v) is 16.2. The molecule has 2 N–H and O–H groups in total. The Kier molecular flexibility index (Phi) is 7.74. The van der Waals surface area contributed by atoms with Crippen molar-refractivity contribution in [2.45, 2.75) is 54.0 Å². The van der Waals surface area contributed by atoms with Crippen molar-refractivity contribution < 1.29 is 31.4 Å². The summed E-state index contributed by atoms with van der Waals surface area (Å²) in [6, 6.07) is 21.9. The zero-order valence-corrected chi connectivity index (χ0v) is 26.0. The van der Waals surface area contributed by atoms with Gasteiger partial charge in [-0.2, -0.15) is 13.2 Å². The van der Waals surface area contributed by atoms with Crippen molar-refractivity contribution in [2.24, 2.45) is 0 Å². The van der Waals surface area contributed by atoms with E-state index in [0.29, 0.717) is 51.5 Å². The molecule has 2 unspecified atom stereocenters. The third-order valence-electron chi connectivity index (χ3n) is 8.38. The quantitative estimate of drug-likeness (QED) is 0.177. The maximum atomic E-state index is 15.4. The van der Waals surface area contributed by atoms with Gasteiger partial charge in [0.2, 0.25) is 0 Å². The highest BCUT2D eigenvalue weighted by molar-refractivity contribution is 7.91. The minimum atomic E-state index is -5.38. The van der Waals surface area contributed by atoms with Crippen molar-refractivity contribution in [1.29, 1.82) is 0 Å². The van der Waals surface area contributed by atoms with Gasteiger partial charge in [0.1, 0.15) is 11.0 Å². The summed E-state index contributed by atoms with van der Waals surface area (Å²) in [6.45, 7) is 3.38. The van der Waals surface area contributed by atoms with Crippen LogP contribution in [-0.4, -0.2) is 41.9 Å². The molecule has 0 saturated carbocycles. The highest BCUT2D eigenvalue weighted by atomic mass is 35.5. The van der Waals surface area contributed by atoms with E-state index in [9.17, 15) is 13.5 Å². The van der Waals surface area contributed by atoms with E-state index in [-0.39, 0.29) is 10.6 Å². The largest absolute Gasteiger partial charge is 0.493 e. The number of alkyl halides is 3. The summed E-state index contributed by atoms with van der Waals surface area (Å²) >= 11 is 6.36. The molecule has 0 spiro atoms. The van der Waals surface area contributed by atoms with Crippen LogP contribution in [0.3, 0.4) is 0 Å². The Morgan fingerprint density at radius 1 is 1.00 bits per heavy atom. The van der Waals surface area contributed by atoms with Crippen molar-refractivity contribution in [1.82, 2.24) is 9.97 Å². The first kappa shape index (κ1) is 31.1. The number of nitrogens with one attached hydrogen (secondary N) is 1. The van der Waals surface area contributed by atoms with Crippen molar-refractivity contribution in [3.63, 3.8) is 0 Å². The lowest BCUT2D eigenvalue weighted by Crippen LogP contribution is -2.55. The van der Waals surface area contributed by atoms with E-state index in [4.69, 9.17) is 16.3 Å². The zero-order valence-electron chi connectivity index (χ0n) is 24.4. The average molecular weight is 655 g/mol. The second-order valence-corrected chi connectivity index (χ2v) is 14.5. The molecule has 0 amide bonds. The molecular weight excluding hydrogens is 625 g/mol. The van der Waals surface area contributed by atoms with Gasteiger partial charge in [0, 0.05) is 45.4 Å². The molecule has 2 atom stereocenters. The summed E-state index contributed by atoms with van der Waals surface area (Å²) in [5.41, 5.74) is -2.65. The molecule has 45 heavy (non-hydrogen) atoms. The second-order valence-electron chi connectivity index (χ2n) is 12.0. The lowest BCUT2D eigenvalue weighted by molar-refractivity contribution is -0.268. The van der Waals surface area contributed by atoms with E-state index in [1.54, 1.807) is 48.7 Å². The number of rotatable bonds is 8. The first-order chi connectivity index (χ1) is 21.2. The molecule has 0 bridgehead atoms. The van der Waals surface area contributed by atoms with Gasteiger partial charge in [0.25, 0.3) is 0 Å². The first-order valence-electron chi connectivity index (χ1n) is 14.3. The van der Waals surface area contributed by atoms with Gasteiger partial charge in [0.15, 0.2) is 15.4 Å². The number of aliphatic hydroxyl groups is 1. The standard InChI is InChI=1S/C34H30ClF3N2O4S/c1-32(2,26-19-24(35)17-22-13-15-44-30(22)26)20-33(41,34(36,37)38)31(45(42,43)25-8-4-3-5-9-25)29-18-23-16-21(11-12-28(23)40-29)27-10-6-7-14-39-27/h3-12,14,16-19,31,40-41H,13,15,20H2,1-2H3. The molecule has 3 aromatic carbocycles. The summed E-state index contributed by atoms with van der Waals surface area (Å²) < 4.78 is 80.7. The Morgan fingerprint density at radius 3 is 2.42 bits per heavy atom. The monoisotopic (exact) mass is 654 g/mol. The van der Waals surface area contributed by atoms with E-state index < -0.39 is 38.7 Å². The average Bonchev–Trinajstić information content (AvgIpc) is 3.63. The summed E-state index contributed by atoms with van der Waals surface area (Å²) in [4.78, 5) is 6.88. The highest BCUT2D eigenvalue weighted by Crippen LogP contribution is 2.54. The number of aromatic nitrogens is 2. The van der Waals surface area contributed by atoms with Crippen LogP contribution in [0.4, 0.5) is 13.2 Å². The van der Waals surface area contributed by atoms with Crippen LogP contribution < -0.4 is 4.74 Å². The Labute approximate surface area is 263 Å². The van der Waals surface area contributed by atoms with E-state index in [1.165, 1.54) is 50.2 Å². The van der Waals surface area contributed by atoms with Crippen LogP contribution in [-0.2, 0) is 21.7 Å². The Bertz CT molecular complexity index is 1980. The highest BCUT2D eigenvalue weighted by Gasteiger charge is 2.65. The smallest absolute Gasteiger partial charge is 0.418 e. The summed E-state index contributed by atoms with van der Waals surface area (Å²) in [6.07, 6.45) is -4.24. The van der Waals surface area contributed by atoms with Gasteiger partial charge in [-0.15, -0.1) is 0 Å². The number of sulfone groups is 1. The van der Waals surface area contributed by atoms with Crippen molar-refractivity contribution in [3.8, 4) is 17.0 Å². The maximum Gasteiger partial charge on any atom is 0.418 e. The third-order valence-corrected chi connectivity index (χ3v) is 10.8. The predicted octanol–water partition coefficient (Wildman–Crippen LogP) is 7.99. The van der Waals surface area contributed by atoms with Crippen molar-refractivity contribution >= 4 is 32.3 Å². The fourth-order valence-electron chi connectivity index (χ4n) is 6.30. The van der Waals surface area contributed by atoms with E-state index >= 15 is 13.2 Å². The normalized spacial score (nSPS) is 15.8. The van der Waals surface area contributed by atoms with Crippen LogP contribution in [0.5, 0.6) is 5.75 Å². The van der Waals surface area contributed by atoms with Gasteiger partial charge in [0.05, 0.1) is 17.2 Å². The van der Waals surface area contributed by atoms with Crippen LogP contribution in [0.15, 0.2) is 96.0 Å². The molecule has 6 nitrogen and oxygen atoms in total. The molecule has 234 valence electrons. The number of H-pyrrole nitrogens is 1. The number of hydrogen-bond donors (Lipinski definition) is 2. The summed E-state index contributed by atoms with van der Waals surface area (Å²) in [5.74, 6) is 0.407. The van der Waals surface area contributed by atoms with Gasteiger partial charge in [-0.1, -0.05) is 55.8 Å². The number of hydrogen-bond acceptors (Lipinski definition) is 5. The minimum absolute atomic E-state index is 0.296. The van der Waals surface area contributed by atoms with Gasteiger partial charge < -0.3 is 14.8 Å². The molecule has 0 saturated heterocycles. The molecular formula is C34H30ClF3N2O4S. The zero-order chi connectivity index (χ0) is 32.2. The van der Waals surface area contributed by atoms with Crippen molar-refractivity contribution in [2.75, 3.05) is 6.61 Å². The van der Waals surface area contributed by atoms with Crippen LogP contribution in [0.2, 0.25) is 5.02 Å². The topological polar surface area (TPSA) is 92.3 Å². The van der Waals surface area contributed by atoms with Crippen molar-refractivity contribution in [3.05, 3.63) is 113 Å². The lowest BCUT2D eigenvalue weighted by Gasteiger charge is -2.42. The van der Waals surface area contributed by atoms with Gasteiger partial charge >= 0.3 is 6.18 Å². The van der Waals surface area contributed by atoms with Gasteiger partial charge in [-0.3, -0.25) is 4.98 Å². The molecule has 11 heteroatoms. The van der Waals surface area contributed by atoms with E-state index in [2.05, 4.69) is 9.97 Å². The number of fused-ring (bicyclic) bond motifs is 2. The number of nitrogens with zero attached hydrogens (tertiary/aromatic N) is 1. The van der Waals surface area contributed by atoms with Crippen LogP contribution in [0.25, 0.3) is 22.2 Å². The van der Waals surface area contributed by atoms with E-state index in [0.717, 1.165) is 5.56 Å². The Morgan fingerprint density at radius 2 is 1.73 bits per heavy atom. The molecule has 2 aromatic heterocycles. The minimum Gasteiger partial charge on any atom is -0.493 e. The van der Waals surface area contributed by atoms with Gasteiger partial charge in [-0.25, -0.2) is 8.42 Å². The molecule has 0 radical (unpaired) electrons. The number of aromatic amines is 1. The fourth-order valence-corrected chi connectivity index (χ4v) is 8.54. The molecule has 6 rings (SSSR count). The lowest BCUT2D eigenvalue weighted by atomic mass is 9.72. The van der Waals surface area contributed by atoms with Crippen LogP contribution in [0, 0.1) is 0 Å². The number of ether oxygens (including phenoxy) is 1. The molecule has 5 aromatic rings. The molecule has 0 fully saturated rings. The molecule has 1 aliphatic rings. The Hall–Kier alpha value is -3.86. The second kappa shape index (κ2) is 11.2. The number of halogens is 4. The molecule has 3 heterocycles. The molecule has 0 aliphatic carbocycles. The fraction of sp³-hybridized carbons (Fsp3) is 0.265. The number of benzene rings is 3. The van der Waals surface area contributed by atoms with E-state index in [1.807, 2.05) is 6.07 Å². The molecule has 1 aliphatic heterocycles. The third kappa shape index (κ3) is 5.60. The SMILES string of the molecule is CC(C)(CC(O)(C(c1cc2cc(-c3ccccn3)ccc2[nH]1)S(=O)(=O)c1ccccc1)C(F)(F)F)c1cc(Cl)cc2c1OCC2.